The van der Waals surface area contributed by atoms with E-state index in [1.165, 1.54) is 30.1 Å². The molecule has 0 fully saturated rings. The minimum Gasteiger partial charge on any atom is -0.400 e. The lowest BCUT2D eigenvalue weighted by atomic mass is 10.2. The topological polar surface area (TPSA) is 111 Å². The van der Waals surface area contributed by atoms with E-state index in [0.29, 0.717) is 0 Å². The number of nitro groups is 1. The second-order valence-electron chi connectivity index (χ2n) is 4.85. The fraction of sp³-hybridized carbons (Fsp3) is 0.0625. The van der Waals surface area contributed by atoms with Gasteiger partial charge in [-0.1, -0.05) is 18.2 Å². The molecular weight excluding hydrogens is 344 g/mol. The lowest BCUT2D eigenvalue weighted by Gasteiger charge is -2.04. The van der Waals surface area contributed by atoms with Gasteiger partial charge < -0.3 is 4.42 Å². The largest absolute Gasteiger partial charge is 0.433 e. The maximum Gasteiger partial charge on any atom is 0.433 e. The number of benzene rings is 1. The minimum absolute atomic E-state index is 0.158. The van der Waals surface area contributed by atoms with E-state index in [1.54, 1.807) is 6.20 Å². The molecule has 126 valence electrons. The highest BCUT2D eigenvalue weighted by Gasteiger charge is 2.10. The Bertz CT molecular complexity index is 949. The van der Waals surface area contributed by atoms with Crippen molar-refractivity contribution >= 4 is 40.7 Å². The predicted molar refractivity (Wildman–Crippen MR) is 93.6 cm³/mol. The van der Waals surface area contributed by atoms with E-state index in [0.717, 1.165) is 15.8 Å². The Labute approximate surface area is 146 Å². The molecule has 0 radical (unpaired) electrons. The number of amides is 1. The zero-order valence-corrected chi connectivity index (χ0v) is 13.6. The second kappa shape index (κ2) is 7.58. The summed E-state index contributed by atoms with van der Waals surface area (Å²) in [7, 11) is 0. The van der Waals surface area contributed by atoms with Gasteiger partial charge in [-0.15, -0.1) is 11.8 Å². The van der Waals surface area contributed by atoms with Crippen LogP contribution in [0.3, 0.4) is 0 Å². The van der Waals surface area contributed by atoms with Crippen molar-refractivity contribution < 1.29 is 14.1 Å². The monoisotopic (exact) mass is 356 g/mol. The number of hydrogen-bond acceptors (Lipinski definition) is 7. The molecule has 1 N–H and O–H groups in total. The molecule has 8 nitrogen and oxygen atoms in total. The Kier molecular flexibility index (Phi) is 5.05. The molecule has 3 aromatic rings. The number of nitrogens with zero attached hydrogens (tertiary/aromatic N) is 3. The Hall–Kier alpha value is -3.20. The van der Waals surface area contributed by atoms with Crippen molar-refractivity contribution in [3.05, 3.63) is 64.5 Å². The summed E-state index contributed by atoms with van der Waals surface area (Å²) in [4.78, 5) is 26.9. The summed E-state index contributed by atoms with van der Waals surface area (Å²) in [6, 6.07) is 12.2. The molecule has 0 saturated carbocycles. The molecule has 9 heteroatoms. The number of pyridine rings is 1. The van der Waals surface area contributed by atoms with Crippen LogP contribution >= 0.6 is 11.8 Å². The SMILES string of the molecule is O=C(CSc1cccc2cccnc12)N/N=C\c1ccc([N+](=O)[O-])o1. The Morgan fingerprint density at radius 3 is 2.96 bits per heavy atom. The Balaban J connectivity index is 1.55. The van der Waals surface area contributed by atoms with E-state index >= 15 is 0 Å². The van der Waals surface area contributed by atoms with Crippen LogP contribution in [0.15, 0.2) is 63.1 Å². The van der Waals surface area contributed by atoms with Crippen LogP contribution in [0.25, 0.3) is 10.9 Å². The molecule has 3 rings (SSSR count). The van der Waals surface area contributed by atoms with Gasteiger partial charge in [-0.2, -0.15) is 5.10 Å². The third kappa shape index (κ3) is 4.21. The van der Waals surface area contributed by atoms with Gasteiger partial charge in [0.15, 0.2) is 5.76 Å². The van der Waals surface area contributed by atoms with Crippen LogP contribution in [0, 0.1) is 10.1 Å². The lowest BCUT2D eigenvalue weighted by Crippen LogP contribution is -2.19. The summed E-state index contributed by atoms with van der Waals surface area (Å²) in [6.07, 6.45) is 2.91. The van der Waals surface area contributed by atoms with Gasteiger partial charge in [0.1, 0.15) is 4.92 Å². The van der Waals surface area contributed by atoms with Crippen molar-refractivity contribution in [1.82, 2.24) is 10.4 Å². The summed E-state index contributed by atoms with van der Waals surface area (Å²) in [6.45, 7) is 0. The van der Waals surface area contributed by atoms with E-state index < -0.39 is 4.92 Å². The first kappa shape index (κ1) is 16.7. The molecule has 0 saturated heterocycles. The zero-order valence-electron chi connectivity index (χ0n) is 12.8. The summed E-state index contributed by atoms with van der Waals surface area (Å²) in [5, 5.41) is 15.2. The van der Waals surface area contributed by atoms with Gasteiger partial charge in [0.25, 0.3) is 0 Å². The molecule has 0 bridgehead atoms. The number of furan rings is 1. The normalized spacial score (nSPS) is 11.0. The highest BCUT2D eigenvalue weighted by molar-refractivity contribution is 8.00. The smallest absolute Gasteiger partial charge is 0.400 e. The first-order valence-electron chi connectivity index (χ1n) is 7.16. The Morgan fingerprint density at radius 1 is 1.32 bits per heavy atom. The van der Waals surface area contributed by atoms with Crippen molar-refractivity contribution in [3.63, 3.8) is 0 Å². The zero-order chi connectivity index (χ0) is 17.6. The third-order valence-electron chi connectivity index (χ3n) is 3.13. The van der Waals surface area contributed by atoms with E-state index in [4.69, 9.17) is 4.42 Å². The molecule has 0 aliphatic heterocycles. The summed E-state index contributed by atoms with van der Waals surface area (Å²) < 4.78 is 4.89. The van der Waals surface area contributed by atoms with Crippen LogP contribution in [0.2, 0.25) is 0 Å². The predicted octanol–water partition coefficient (Wildman–Crippen LogP) is 2.98. The van der Waals surface area contributed by atoms with Crippen LogP contribution in [0.1, 0.15) is 5.76 Å². The Morgan fingerprint density at radius 2 is 2.16 bits per heavy atom. The van der Waals surface area contributed by atoms with Gasteiger partial charge in [0.2, 0.25) is 5.91 Å². The number of rotatable bonds is 6. The van der Waals surface area contributed by atoms with Crippen LogP contribution in [-0.4, -0.2) is 27.8 Å². The summed E-state index contributed by atoms with van der Waals surface area (Å²) >= 11 is 1.35. The summed E-state index contributed by atoms with van der Waals surface area (Å²) in [5.74, 6) is -0.356. The van der Waals surface area contributed by atoms with Crippen molar-refractivity contribution in [2.45, 2.75) is 4.90 Å². The molecule has 1 aromatic carbocycles. The highest BCUT2D eigenvalue weighted by atomic mass is 32.2. The lowest BCUT2D eigenvalue weighted by molar-refractivity contribution is -0.402. The average molecular weight is 356 g/mol. The fourth-order valence-electron chi connectivity index (χ4n) is 2.05. The van der Waals surface area contributed by atoms with Crippen LogP contribution in [-0.2, 0) is 4.79 Å². The minimum atomic E-state index is -0.648. The van der Waals surface area contributed by atoms with Crippen LogP contribution in [0.4, 0.5) is 5.88 Å². The van der Waals surface area contributed by atoms with Crippen molar-refractivity contribution in [2.24, 2.45) is 5.10 Å². The molecule has 2 heterocycles. The first-order chi connectivity index (χ1) is 12.1. The van der Waals surface area contributed by atoms with Gasteiger partial charge >= 0.3 is 5.88 Å². The van der Waals surface area contributed by atoms with Crippen molar-refractivity contribution in [3.8, 4) is 0 Å². The molecule has 0 aliphatic carbocycles. The standard InChI is InChI=1S/C16H12N4O4S/c21-14(19-18-9-12-6-7-15(24-12)20(22)23)10-25-13-5-1-3-11-4-2-8-17-16(11)13/h1-9H,10H2,(H,19,21)/b18-9-. The molecule has 1 amide bonds. The van der Waals surface area contributed by atoms with Gasteiger partial charge in [0.05, 0.1) is 23.6 Å². The average Bonchev–Trinajstić information content (AvgIpc) is 3.09. The molecule has 2 aromatic heterocycles. The molecular formula is C16H12N4O4S. The number of thioether (sulfide) groups is 1. The number of hydrogen-bond donors (Lipinski definition) is 1. The van der Waals surface area contributed by atoms with E-state index in [-0.39, 0.29) is 23.3 Å². The van der Waals surface area contributed by atoms with Gasteiger partial charge in [0, 0.05) is 16.5 Å². The second-order valence-corrected chi connectivity index (χ2v) is 5.86. The number of carbonyl (C=O) groups is 1. The van der Waals surface area contributed by atoms with Crippen molar-refractivity contribution in [1.29, 1.82) is 0 Å². The van der Waals surface area contributed by atoms with Gasteiger partial charge in [-0.05, 0) is 18.2 Å². The molecule has 25 heavy (non-hydrogen) atoms. The molecule has 0 spiro atoms. The van der Waals surface area contributed by atoms with Crippen molar-refractivity contribution in [2.75, 3.05) is 5.75 Å². The van der Waals surface area contributed by atoms with E-state index in [1.807, 2.05) is 30.3 Å². The highest BCUT2D eigenvalue weighted by Crippen LogP contribution is 2.25. The van der Waals surface area contributed by atoms with Gasteiger partial charge in [-0.25, -0.2) is 5.43 Å². The van der Waals surface area contributed by atoms with Gasteiger partial charge in [-0.3, -0.25) is 19.9 Å². The number of carbonyl (C=O) groups excluding carboxylic acids is 1. The number of aromatic nitrogens is 1. The number of nitrogens with one attached hydrogen (secondary N) is 1. The molecule has 0 atom stereocenters. The quantitative estimate of drug-likeness (QED) is 0.315. The number of fused-ring (bicyclic) bond motifs is 1. The van der Waals surface area contributed by atoms with E-state index in [9.17, 15) is 14.9 Å². The number of hydrazone groups is 1. The first-order valence-corrected chi connectivity index (χ1v) is 8.15. The maximum absolute atomic E-state index is 11.9. The fourth-order valence-corrected chi connectivity index (χ4v) is 2.88. The molecule has 0 unspecified atom stereocenters. The van der Waals surface area contributed by atoms with Crippen LogP contribution < -0.4 is 5.43 Å². The third-order valence-corrected chi connectivity index (χ3v) is 4.18. The van der Waals surface area contributed by atoms with Crippen LogP contribution in [0.5, 0.6) is 0 Å². The number of para-hydroxylation sites is 1. The summed E-state index contributed by atoms with van der Waals surface area (Å²) in [5.41, 5.74) is 3.19. The molecule has 0 aliphatic rings. The van der Waals surface area contributed by atoms with E-state index in [2.05, 4.69) is 15.5 Å². The maximum atomic E-state index is 11.9.